The van der Waals surface area contributed by atoms with E-state index in [4.69, 9.17) is 30.5 Å². The lowest BCUT2D eigenvalue weighted by Gasteiger charge is -2.14. The Morgan fingerprint density at radius 1 is 1.18 bits per heavy atom. The lowest BCUT2D eigenvalue weighted by Crippen LogP contribution is -2.25. The number of aryl methyl sites for hydroxylation is 1. The Hall–Kier alpha value is -3.17. The fourth-order valence-corrected chi connectivity index (χ4v) is 4.35. The number of benzene rings is 2. The molecule has 0 bridgehead atoms. The third-order valence-electron chi connectivity index (χ3n) is 5.06. The molecule has 0 aliphatic carbocycles. The maximum absolute atomic E-state index is 12.3. The Labute approximate surface area is 242 Å². The third kappa shape index (κ3) is 7.68. The number of pyridine rings is 1. The van der Waals surface area contributed by atoms with E-state index in [0.717, 1.165) is 5.56 Å². The van der Waals surface area contributed by atoms with Crippen molar-refractivity contribution in [2.45, 2.75) is 20.1 Å². The summed E-state index contributed by atoms with van der Waals surface area (Å²) in [6.07, 6.45) is 1.45. The van der Waals surface area contributed by atoms with Crippen LogP contribution in [0.15, 0.2) is 50.4 Å². The van der Waals surface area contributed by atoms with Crippen LogP contribution < -0.4 is 19.6 Å². The van der Waals surface area contributed by atoms with Crippen molar-refractivity contribution in [2.75, 3.05) is 20.8 Å². The van der Waals surface area contributed by atoms with Crippen molar-refractivity contribution in [3.8, 4) is 23.4 Å². The summed E-state index contributed by atoms with van der Waals surface area (Å²) >= 11 is 12.8. The lowest BCUT2D eigenvalue weighted by atomic mass is 10.1. The maximum atomic E-state index is 12.3. The first-order valence-corrected chi connectivity index (χ1v) is 13.0. The van der Waals surface area contributed by atoms with Crippen LogP contribution >= 0.6 is 43.5 Å². The highest BCUT2D eigenvalue weighted by atomic mass is 79.9. The third-order valence-corrected chi connectivity index (χ3v) is 6.95. The maximum Gasteiger partial charge on any atom is 0.278 e. The molecule has 2 aromatic carbocycles. The molecule has 0 saturated carbocycles. The fourth-order valence-electron chi connectivity index (χ4n) is 3.25. The van der Waals surface area contributed by atoms with Gasteiger partial charge in [-0.05, 0) is 74.2 Å². The van der Waals surface area contributed by atoms with Gasteiger partial charge in [-0.25, -0.2) is 10.4 Å². The Balaban J connectivity index is 1.63. The molecule has 3 aromatic rings. The predicted molar refractivity (Wildman–Crippen MR) is 150 cm³/mol. The predicted octanol–water partition coefficient (Wildman–Crippen LogP) is 5.70. The molecule has 9 nitrogen and oxygen atoms in total. The Kier molecular flexibility index (Phi) is 10.9. The number of carbonyl (C=O) groups excluding carboxylic acids is 1. The van der Waals surface area contributed by atoms with E-state index in [9.17, 15) is 10.1 Å². The minimum absolute atomic E-state index is 0.0437. The van der Waals surface area contributed by atoms with Crippen LogP contribution in [0.5, 0.6) is 17.4 Å². The highest BCUT2D eigenvalue weighted by Gasteiger charge is 2.18. The van der Waals surface area contributed by atoms with E-state index >= 15 is 0 Å². The quantitative estimate of drug-likeness (QED) is 0.206. The number of nitrogens with zero attached hydrogens (tertiary/aromatic N) is 3. The Morgan fingerprint density at radius 3 is 2.58 bits per heavy atom. The van der Waals surface area contributed by atoms with E-state index in [1.165, 1.54) is 20.4 Å². The Bertz CT molecular complexity index is 1380. The van der Waals surface area contributed by atoms with Crippen LogP contribution in [0.1, 0.15) is 27.9 Å². The van der Waals surface area contributed by atoms with Gasteiger partial charge < -0.3 is 18.9 Å². The SMILES string of the molecule is COCc1c(Br)c(C)nc(OCC(=O)N/N=C\c2cc(Br)c(OCc3ccc(Cl)cc3)c(OC)c2)c1C#N. The number of halogens is 3. The van der Waals surface area contributed by atoms with Gasteiger partial charge in [-0.1, -0.05) is 23.7 Å². The largest absolute Gasteiger partial charge is 0.493 e. The second-order valence-corrected chi connectivity index (χ2v) is 9.83. The highest BCUT2D eigenvalue weighted by molar-refractivity contribution is 9.10. The minimum Gasteiger partial charge on any atom is -0.493 e. The minimum atomic E-state index is -0.533. The first-order chi connectivity index (χ1) is 18.3. The second kappa shape index (κ2) is 14.1. The van der Waals surface area contributed by atoms with Crippen molar-refractivity contribution in [3.05, 3.63) is 78.3 Å². The molecular formula is C26H23Br2ClN4O5. The van der Waals surface area contributed by atoms with Crippen molar-refractivity contribution in [1.82, 2.24) is 10.4 Å². The molecule has 1 aromatic heterocycles. The molecule has 1 N–H and O–H groups in total. The molecule has 0 spiro atoms. The number of rotatable bonds is 11. The van der Waals surface area contributed by atoms with Gasteiger partial charge in [-0.3, -0.25) is 4.79 Å². The number of aromatic nitrogens is 1. The summed E-state index contributed by atoms with van der Waals surface area (Å²) < 4.78 is 23.4. The fraction of sp³-hybridized carbons (Fsp3) is 0.231. The summed E-state index contributed by atoms with van der Waals surface area (Å²) in [5, 5.41) is 14.2. The van der Waals surface area contributed by atoms with Crippen LogP contribution in [-0.4, -0.2) is 37.9 Å². The number of methoxy groups -OCH3 is 2. The van der Waals surface area contributed by atoms with E-state index in [1.807, 2.05) is 12.1 Å². The molecule has 0 saturated heterocycles. The number of carbonyl (C=O) groups is 1. The summed E-state index contributed by atoms with van der Waals surface area (Å²) in [5.41, 5.74) is 5.37. The number of ether oxygens (including phenoxy) is 4. The van der Waals surface area contributed by atoms with Crippen molar-refractivity contribution >= 4 is 55.6 Å². The van der Waals surface area contributed by atoms with Crippen molar-refractivity contribution in [3.63, 3.8) is 0 Å². The number of nitriles is 1. The zero-order valence-corrected chi connectivity index (χ0v) is 24.6. The number of hydrazone groups is 1. The van der Waals surface area contributed by atoms with Gasteiger partial charge in [0.25, 0.3) is 5.91 Å². The van der Waals surface area contributed by atoms with Gasteiger partial charge in [-0.2, -0.15) is 10.4 Å². The van der Waals surface area contributed by atoms with Crippen molar-refractivity contribution < 1.29 is 23.7 Å². The molecular weight excluding hydrogens is 644 g/mol. The zero-order chi connectivity index (χ0) is 27.7. The van der Waals surface area contributed by atoms with Gasteiger partial charge in [0.1, 0.15) is 18.2 Å². The topological polar surface area (TPSA) is 115 Å². The van der Waals surface area contributed by atoms with E-state index in [-0.39, 0.29) is 18.1 Å². The summed E-state index contributed by atoms with van der Waals surface area (Å²) in [6.45, 7) is 1.87. The normalized spacial score (nSPS) is 10.8. The number of hydrogen-bond acceptors (Lipinski definition) is 8. The summed E-state index contributed by atoms with van der Waals surface area (Å²) in [7, 11) is 3.05. The van der Waals surface area contributed by atoms with Crippen LogP contribution in [0, 0.1) is 18.3 Å². The van der Waals surface area contributed by atoms with Gasteiger partial charge in [-0.15, -0.1) is 0 Å². The Morgan fingerprint density at radius 2 is 1.92 bits per heavy atom. The highest BCUT2D eigenvalue weighted by Crippen LogP contribution is 2.37. The number of nitrogens with one attached hydrogen (secondary N) is 1. The molecule has 0 unspecified atom stereocenters. The molecule has 0 radical (unpaired) electrons. The smallest absolute Gasteiger partial charge is 0.278 e. The van der Waals surface area contributed by atoms with Crippen LogP contribution in [0.3, 0.4) is 0 Å². The standard InChI is InChI=1S/C26H23Br2ClN4O5/c1-15-24(28)20(13-35-2)19(10-30)26(32-15)38-14-23(34)33-31-11-17-8-21(27)25(22(9-17)36-3)37-12-16-4-6-18(29)7-5-16/h4-9,11H,12-14H2,1-3H3,(H,33,34)/b31-11-. The molecule has 1 amide bonds. The van der Waals surface area contributed by atoms with Gasteiger partial charge in [0.15, 0.2) is 18.1 Å². The monoisotopic (exact) mass is 664 g/mol. The van der Waals surface area contributed by atoms with Gasteiger partial charge >= 0.3 is 0 Å². The molecule has 1 heterocycles. The molecule has 0 aliphatic rings. The zero-order valence-electron chi connectivity index (χ0n) is 20.7. The molecule has 0 fully saturated rings. The second-order valence-electron chi connectivity index (χ2n) is 7.75. The molecule has 38 heavy (non-hydrogen) atoms. The molecule has 12 heteroatoms. The number of hydrogen-bond donors (Lipinski definition) is 1. The summed E-state index contributed by atoms with van der Waals surface area (Å²) in [6, 6.07) is 12.9. The lowest BCUT2D eigenvalue weighted by molar-refractivity contribution is -0.123. The molecule has 3 rings (SSSR count). The van der Waals surface area contributed by atoms with Gasteiger partial charge in [0.2, 0.25) is 5.88 Å². The molecule has 0 atom stereocenters. The first-order valence-electron chi connectivity index (χ1n) is 11.0. The van der Waals surface area contributed by atoms with Crippen molar-refractivity contribution in [2.24, 2.45) is 5.10 Å². The van der Waals surface area contributed by atoms with Crippen molar-refractivity contribution in [1.29, 1.82) is 5.26 Å². The number of amides is 1. The average Bonchev–Trinajstić information content (AvgIpc) is 2.90. The van der Waals surface area contributed by atoms with E-state index in [0.29, 0.717) is 48.9 Å². The van der Waals surface area contributed by atoms with E-state index < -0.39 is 12.5 Å². The van der Waals surface area contributed by atoms with Crippen LogP contribution in [-0.2, 0) is 22.7 Å². The molecule has 198 valence electrons. The van der Waals surface area contributed by atoms with E-state index in [2.05, 4.69) is 53.4 Å². The molecule has 0 aliphatic heterocycles. The summed E-state index contributed by atoms with van der Waals surface area (Å²) in [5.74, 6) is 0.518. The van der Waals surface area contributed by atoms with Crippen LogP contribution in [0.2, 0.25) is 5.02 Å². The van der Waals surface area contributed by atoms with Crippen LogP contribution in [0.25, 0.3) is 0 Å². The van der Waals surface area contributed by atoms with E-state index in [1.54, 1.807) is 31.2 Å². The first kappa shape index (κ1) is 29.4. The van der Waals surface area contributed by atoms with Gasteiger partial charge in [0.05, 0.1) is 30.1 Å². The summed E-state index contributed by atoms with van der Waals surface area (Å²) in [4.78, 5) is 16.6. The van der Waals surface area contributed by atoms with Crippen LogP contribution in [0.4, 0.5) is 0 Å². The average molecular weight is 667 g/mol. The van der Waals surface area contributed by atoms with Gasteiger partial charge in [0, 0.05) is 22.2 Å².